The van der Waals surface area contributed by atoms with E-state index in [2.05, 4.69) is 17.9 Å². The fourth-order valence-electron chi connectivity index (χ4n) is 3.48. The molecule has 0 bridgehead atoms. The maximum atomic E-state index is 9.61. The van der Waals surface area contributed by atoms with Gasteiger partial charge in [-0.3, -0.25) is 4.90 Å². The third-order valence-electron chi connectivity index (χ3n) is 4.39. The van der Waals surface area contributed by atoms with E-state index in [0.29, 0.717) is 0 Å². The monoisotopic (exact) mass is 220 g/mol. The fourth-order valence-corrected chi connectivity index (χ4v) is 3.48. The van der Waals surface area contributed by atoms with Gasteiger partial charge in [0.15, 0.2) is 0 Å². The molecule has 0 N–H and O–H groups in total. The Morgan fingerprint density at radius 2 is 1.81 bits per heavy atom. The highest BCUT2D eigenvalue weighted by molar-refractivity contribution is 5.10. The second-order valence-corrected chi connectivity index (χ2v) is 5.75. The van der Waals surface area contributed by atoms with E-state index in [1.165, 1.54) is 38.5 Å². The smallest absolute Gasteiger partial charge is 0.109 e. The Kier molecular flexibility index (Phi) is 3.86. The highest BCUT2D eigenvalue weighted by Gasteiger charge is 2.40. The molecule has 1 aliphatic carbocycles. The van der Waals surface area contributed by atoms with Gasteiger partial charge in [-0.2, -0.15) is 5.26 Å². The third kappa shape index (κ3) is 2.40. The van der Waals surface area contributed by atoms with Crippen LogP contribution in [0.4, 0.5) is 0 Å². The summed E-state index contributed by atoms with van der Waals surface area (Å²) in [5.74, 6) is 0.733. The molecule has 90 valence electrons. The maximum Gasteiger partial charge on any atom is 0.109 e. The van der Waals surface area contributed by atoms with Crippen molar-refractivity contribution in [3.8, 4) is 6.07 Å². The molecular weight excluding hydrogens is 196 g/mol. The second kappa shape index (κ2) is 5.19. The molecule has 0 spiro atoms. The Balaban J connectivity index is 2.09. The van der Waals surface area contributed by atoms with Gasteiger partial charge in [0.1, 0.15) is 5.54 Å². The SMILES string of the molecule is CC1CCCC(C#N)(N2CCCCCC2)C1. The Hall–Kier alpha value is -0.550. The second-order valence-electron chi connectivity index (χ2n) is 5.75. The van der Waals surface area contributed by atoms with Crippen LogP contribution < -0.4 is 0 Å². The van der Waals surface area contributed by atoms with E-state index in [0.717, 1.165) is 31.8 Å². The standard InChI is InChI=1S/C14H24N2/c1-13-7-6-8-14(11-13,12-15)16-9-4-2-3-5-10-16/h13H,2-11H2,1H3. The van der Waals surface area contributed by atoms with E-state index in [-0.39, 0.29) is 5.54 Å². The van der Waals surface area contributed by atoms with Crippen LogP contribution in [0, 0.1) is 17.2 Å². The summed E-state index contributed by atoms with van der Waals surface area (Å²) in [6.45, 7) is 4.61. The molecule has 2 atom stereocenters. The van der Waals surface area contributed by atoms with Crippen LogP contribution in [0.3, 0.4) is 0 Å². The van der Waals surface area contributed by atoms with Crippen molar-refractivity contribution >= 4 is 0 Å². The number of hydrogen-bond donors (Lipinski definition) is 0. The molecule has 2 aliphatic rings. The minimum Gasteiger partial charge on any atom is -0.286 e. The van der Waals surface area contributed by atoms with Gasteiger partial charge >= 0.3 is 0 Å². The third-order valence-corrected chi connectivity index (χ3v) is 4.39. The number of nitrogens with zero attached hydrogens (tertiary/aromatic N) is 2. The lowest BCUT2D eigenvalue weighted by atomic mass is 9.76. The minimum atomic E-state index is -0.109. The summed E-state index contributed by atoms with van der Waals surface area (Å²) in [6, 6.07) is 2.67. The average molecular weight is 220 g/mol. The molecule has 2 unspecified atom stereocenters. The van der Waals surface area contributed by atoms with Crippen molar-refractivity contribution in [2.45, 2.75) is 63.8 Å². The molecule has 2 nitrogen and oxygen atoms in total. The van der Waals surface area contributed by atoms with Gasteiger partial charge in [0.05, 0.1) is 6.07 Å². The van der Waals surface area contributed by atoms with Crippen LogP contribution in [0.2, 0.25) is 0 Å². The van der Waals surface area contributed by atoms with E-state index in [4.69, 9.17) is 0 Å². The van der Waals surface area contributed by atoms with Crippen molar-refractivity contribution in [2.24, 2.45) is 5.92 Å². The molecule has 1 heterocycles. The Labute approximate surface area is 99.6 Å². The van der Waals surface area contributed by atoms with Crippen LogP contribution in [0.25, 0.3) is 0 Å². The molecule has 0 amide bonds. The van der Waals surface area contributed by atoms with Crippen LogP contribution >= 0.6 is 0 Å². The molecule has 1 saturated carbocycles. The lowest BCUT2D eigenvalue weighted by Crippen LogP contribution is -2.50. The first-order chi connectivity index (χ1) is 7.77. The van der Waals surface area contributed by atoms with Crippen LogP contribution in [-0.4, -0.2) is 23.5 Å². The molecule has 2 fully saturated rings. The van der Waals surface area contributed by atoms with Crippen molar-refractivity contribution in [2.75, 3.05) is 13.1 Å². The van der Waals surface area contributed by atoms with E-state index >= 15 is 0 Å². The molecule has 16 heavy (non-hydrogen) atoms. The quantitative estimate of drug-likeness (QED) is 0.677. The van der Waals surface area contributed by atoms with Gasteiger partial charge in [0.2, 0.25) is 0 Å². The Bertz CT molecular complexity index is 260. The predicted molar refractivity (Wildman–Crippen MR) is 66.0 cm³/mol. The summed E-state index contributed by atoms with van der Waals surface area (Å²) in [5, 5.41) is 9.61. The first-order valence-electron chi connectivity index (χ1n) is 6.93. The lowest BCUT2D eigenvalue weighted by Gasteiger charge is -2.43. The zero-order valence-electron chi connectivity index (χ0n) is 10.5. The van der Waals surface area contributed by atoms with Gasteiger partial charge in [0, 0.05) is 0 Å². The molecule has 1 aliphatic heterocycles. The molecular formula is C14H24N2. The Morgan fingerprint density at radius 3 is 2.38 bits per heavy atom. The molecule has 2 rings (SSSR count). The molecule has 1 saturated heterocycles. The molecule has 0 aromatic heterocycles. The molecule has 0 radical (unpaired) electrons. The summed E-state index contributed by atoms with van der Waals surface area (Å²) < 4.78 is 0. The van der Waals surface area contributed by atoms with Gasteiger partial charge in [0.25, 0.3) is 0 Å². The van der Waals surface area contributed by atoms with Gasteiger partial charge in [-0.05, 0) is 44.7 Å². The van der Waals surface area contributed by atoms with Crippen LogP contribution in [0.1, 0.15) is 58.3 Å². The van der Waals surface area contributed by atoms with Crippen LogP contribution in [0.15, 0.2) is 0 Å². The number of hydrogen-bond acceptors (Lipinski definition) is 2. The largest absolute Gasteiger partial charge is 0.286 e. The number of nitriles is 1. The van der Waals surface area contributed by atoms with Crippen molar-refractivity contribution in [3.63, 3.8) is 0 Å². The van der Waals surface area contributed by atoms with E-state index in [9.17, 15) is 5.26 Å². The Morgan fingerprint density at radius 1 is 1.12 bits per heavy atom. The van der Waals surface area contributed by atoms with Gasteiger partial charge in [-0.15, -0.1) is 0 Å². The summed E-state index contributed by atoms with van der Waals surface area (Å²) in [6.07, 6.45) is 10.1. The van der Waals surface area contributed by atoms with Crippen molar-refractivity contribution in [3.05, 3.63) is 0 Å². The van der Waals surface area contributed by atoms with E-state index in [1.807, 2.05) is 0 Å². The first-order valence-corrected chi connectivity index (χ1v) is 6.93. The first kappa shape index (κ1) is 11.9. The summed E-state index contributed by atoms with van der Waals surface area (Å²) in [7, 11) is 0. The lowest BCUT2D eigenvalue weighted by molar-refractivity contribution is 0.0813. The van der Waals surface area contributed by atoms with Crippen LogP contribution in [0.5, 0.6) is 0 Å². The fraction of sp³-hybridized carbons (Fsp3) is 0.929. The highest BCUT2D eigenvalue weighted by Crippen LogP contribution is 2.37. The summed E-state index contributed by atoms with van der Waals surface area (Å²) in [4.78, 5) is 2.51. The predicted octanol–water partition coefficient (Wildman–Crippen LogP) is 3.33. The normalized spacial score (nSPS) is 37.6. The molecule has 0 aromatic rings. The highest BCUT2D eigenvalue weighted by atomic mass is 15.2. The van der Waals surface area contributed by atoms with Crippen molar-refractivity contribution < 1.29 is 0 Å². The van der Waals surface area contributed by atoms with Crippen LogP contribution in [-0.2, 0) is 0 Å². The maximum absolute atomic E-state index is 9.61. The van der Waals surface area contributed by atoms with Gasteiger partial charge in [-0.1, -0.05) is 32.6 Å². The van der Waals surface area contributed by atoms with Crippen molar-refractivity contribution in [1.29, 1.82) is 5.26 Å². The summed E-state index contributed by atoms with van der Waals surface area (Å²) >= 11 is 0. The topological polar surface area (TPSA) is 27.0 Å². The van der Waals surface area contributed by atoms with Gasteiger partial charge in [-0.25, -0.2) is 0 Å². The minimum absolute atomic E-state index is 0.109. The zero-order chi connectivity index (χ0) is 11.4. The molecule has 0 aromatic carbocycles. The number of rotatable bonds is 1. The van der Waals surface area contributed by atoms with E-state index < -0.39 is 0 Å². The van der Waals surface area contributed by atoms with Gasteiger partial charge < -0.3 is 0 Å². The average Bonchev–Trinajstić information content (AvgIpc) is 2.57. The van der Waals surface area contributed by atoms with E-state index in [1.54, 1.807) is 0 Å². The van der Waals surface area contributed by atoms with Crippen molar-refractivity contribution in [1.82, 2.24) is 4.90 Å². The summed E-state index contributed by atoms with van der Waals surface area (Å²) in [5.41, 5.74) is -0.109. The number of likely N-dealkylation sites (tertiary alicyclic amines) is 1. The zero-order valence-corrected chi connectivity index (χ0v) is 10.5. The molecule has 2 heteroatoms.